The molecule has 0 spiro atoms. The number of hydrogen-bond donors (Lipinski definition) is 3. The fourth-order valence-electron chi connectivity index (χ4n) is 1.75. The number of benzene rings is 2. The molecule has 7 nitrogen and oxygen atoms in total. The molecule has 0 radical (unpaired) electrons. The zero-order valence-electron chi connectivity index (χ0n) is 12.9. The van der Waals surface area contributed by atoms with Crippen molar-refractivity contribution in [2.24, 2.45) is 10.9 Å². The summed E-state index contributed by atoms with van der Waals surface area (Å²) in [4.78, 5) is 22.9. The molecule has 11 heteroatoms. The number of carbonyl (C=O) groups is 1. The number of nitrogens with two attached hydrogens (primary N) is 2. The van der Waals surface area contributed by atoms with Crippen LogP contribution in [0.4, 0.5) is 15.8 Å². The number of carbonyl (C=O) groups excluding carboxylic acids is 1. The third-order valence-electron chi connectivity index (χ3n) is 3.01. The zero-order chi connectivity index (χ0) is 19.3. The summed E-state index contributed by atoms with van der Waals surface area (Å²) in [6.07, 6.45) is 0. The second-order valence-electron chi connectivity index (χ2n) is 4.75. The first-order chi connectivity index (χ1) is 12.3. The maximum atomic E-state index is 13.9. The Hall–Kier alpha value is -2.27. The molecule has 0 saturated heterocycles. The Morgan fingerprint density at radius 1 is 1.23 bits per heavy atom. The van der Waals surface area contributed by atoms with Crippen molar-refractivity contribution in [3.63, 3.8) is 0 Å². The summed E-state index contributed by atoms with van der Waals surface area (Å²) in [5.41, 5.74) is 4.94. The van der Waals surface area contributed by atoms with E-state index in [9.17, 15) is 19.3 Å². The Kier molecular flexibility index (Phi) is 6.86. The van der Waals surface area contributed by atoms with E-state index in [-0.39, 0.29) is 11.4 Å². The fraction of sp³-hybridized carbons (Fsp3) is 0. The third kappa shape index (κ3) is 5.11. The number of nitrogens with one attached hydrogen (secondary N) is 1. The number of thioether (sulfide) groups is 1. The molecule has 0 saturated carbocycles. The molecule has 0 aliphatic carbocycles. The first-order valence-electron chi connectivity index (χ1n) is 6.87. The summed E-state index contributed by atoms with van der Waals surface area (Å²) in [5.74, 6) is -1.74. The quantitative estimate of drug-likeness (QED) is 0.215. The van der Waals surface area contributed by atoms with E-state index in [1.165, 1.54) is 0 Å². The number of halogens is 2. The molecule has 0 aliphatic rings. The third-order valence-corrected chi connectivity index (χ3v) is 5.15. The Labute approximate surface area is 161 Å². The predicted molar refractivity (Wildman–Crippen MR) is 102 cm³/mol. The van der Waals surface area contributed by atoms with Gasteiger partial charge >= 0.3 is 0 Å². The average molecular weight is 415 g/mol. The van der Waals surface area contributed by atoms with Crippen LogP contribution in [0.25, 0.3) is 0 Å². The van der Waals surface area contributed by atoms with Crippen LogP contribution in [0.3, 0.4) is 0 Å². The highest BCUT2D eigenvalue weighted by Gasteiger charge is 2.17. The van der Waals surface area contributed by atoms with Crippen molar-refractivity contribution in [1.29, 1.82) is 0 Å². The summed E-state index contributed by atoms with van der Waals surface area (Å²) >= 11 is 7.73. The van der Waals surface area contributed by atoms with Crippen LogP contribution in [-0.2, 0) is 4.79 Å². The highest BCUT2D eigenvalue weighted by molar-refractivity contribution is 8.21. The lowest BCUT2D eigenvalue weighted by molar-refractivity contribution is -0.385. The molecular weight excluding hydrogens is 403 g/mol. The maximum absolute atomic E-state index is 13.9. The Bertz CT molecular complexity index is 878. The van der Waals surface area contributed by atoms with E-state index >= 15 is 0 Å². The monoisotopic (exact) mass is 414 g/mol. The van der Waals surface area contributed by atoms with Gasteiger partial charge in [-0.2, -0.15) is 0 Å². The van der Waals surface area contributed by atoms with Gasteiger partial charge in [0.05, 0.1) is 20.9 Å². The van der Waals surface area contributed by atoms with Gasteiger partial charge in [-0.15, -0.1) is 0 Å². The standard InChI is InChI=1S/C15H12ClFN4O3S2/c16-8-1-4-10(5-2-8)25-15(26-19)13(18)14(22)20-12-6-3-9(21(23)24)7-11(12)17/h1-7H,18-19H2,(H,20,22)/b15-13-. The van der Waals surface area contributed by atoms with E-state index in [1.54, 1.807) is 24.3 Å². The Balaban J connectivity index is 2.19. The van der Waals surface area contributed by atoms with Gasteiger partial charge in [0.2, 0.25) is 0 Å². The molecule has 136 valence electrons. The first kappa shape index (κ1) is 20.0. The lowest BCUT2D eigenvalue weighted by Crippen LogP contribution is -2.22. The summed E-state index contributed by atoms with van der Waals surface area (Å²) in [5, 5.41) is 19.0. The summed E-state index contributed by atoms with van der Waals surface area (Å²) < 4.78 is 14.2. The van der Waals surface area contributed by atoms with E-state index in [0.717, 1.165) is 40.7 Å². The summed E-state index contributed by atoms with van der Waals surface area (Å²) in [7, 11) is 0. The van der Waals surface area contributed by atoms with Crippen LogP contribution < -0.4 is 16.2 Å². The molecule has 0 bridgehead atoms. The average Bonchev–Trinajstić information content (AvgIpc) is 2.62. The van der Waals surface area contributed by atoms with E-state index < -0.39 is 22.3 Å². The highest BCUT2D eigenvalue weighted by atomic mass is 35.5. The topological polar surface area (TPSA) is 124 Å². The van der Waals surface area contributed by atoms with Crippen molar-refractivity contribution < 1.29 is 14.1 Å². The largest absolute Gasteiger partial charge is 0.393 e. The molecule has 0 aromatic heterocycles. The van der Waals surface area contributed by atoms with Crippen LogP contribution in [0, 0.1) is 15.9 Å². The van der Waals surface area contributed by atoms with Crippen molar-refractivity contribution in [2.45, 2.75) is 4.90 Å². The Morgan fingerprint density at radius 2 is 1.88 bits per heavy atom. The van der Waals surface area contributed by atoms with Gasteiger partial charge in [0, 0.05) is 16.0 Å². The van der Waals surface area contributed by atoms with Crippen molar-refractivity contribution in [3.05, 3.63) is 73.4 Å². The number of non-ortho nitro benzene ring substituents is 1. The van der Waals surface area contributed by atoms with Gasteiger partial charge in [0.25, 0.3) is 11.6 Å². The highest BCUT2D eigenvalue weighted by Crippen LogP contribution is 2.34. The van der Waals surface area contributed by atoms with Gasteiger partial charge in [-0.05, 0) is 42.3 Å². The minimum absolute atomic E-state index is 0.213. The normalized spacial score (nSPS) is 11.7. The first-order valence-corrected chi connectivity index (χ1v) is 8.94. The number of anilines is 1. The minimum Gasteiger partial charge on any atom is -0.393 e. The molecular formula is C15H12ClFN4O3S2. The molecule has 0 atom stereocenters. The van der Waals surface area contributed by atoms with Crippen molar-refractivity contribution in [2.75, 3.05) is 5.32 Å². The van der Waals surface area contributed by atoms with E-state index in [1.807, 2.05) is 0 Å². The molecule has 0 aliphatic heterocycles. The van der Waals surface area contributed by atoms with Crippen molar-refractivity contribution in [3.8, 4) is 0 Å². The van der Waals surface area contributed by atoms with Crippen LogP contribution in [0.15, 0.2) is 57.3 Å². The fourth-order valence-corrected chi connectivity index (χ4v) is 3.27. The second kappa shape index (κ2) is 8.90. The van der Waals surface area contributed by atoms with E-state index in [0.29, 0.717) is 15.3 Å². The predicted octanol–water partition coefficient (Wildman–Crippen LogP) is 3.85. The molecule has 2 aromatic rings. The molecule has 5 N–H and O–H groups in total. The number of rotatable bonds is 6. The lowest BCUT2D eigenvalue weighted by Gasteiger charge is -2.10. The Morgan fingerprint density at radius 3 is 2.42 bits per heavy atom. The van der Waals surface area contributed by atoms with Gasteiger partial charge in [0.1, 0.15) is 5.70 Å². The SMILES string of the molecule is NS/C(Sc1ccc(Cl)cc1)=C(\N)C(=O)Nc1ccc([N+](=O)[O-])cc1F. The van der Waals surface area contributed by atoms with Gasteiger partial charge in [-0.25, -0.2) is 4.39 Å². The van der Waals surface area contributed by atoms with Crippen LogP contribution >= 0.6 is 35.3 Å². The number of nitrogens with zero attached hydrogens (tertiary/aromatic N) is 1. The van der Waals surface area contributed by atoms with Crippen molar-refractivity contribution in [1.82, 2.24) is 0 Å². The van der Waals surface area contributed by atoms with Crippen LogP contribution in [0.5, 0.6) is 0 Å². The second-order valence-corrected chi connectivity index (χ2v) is 7.17. The van der Waals surface area contributed by atoms with E-state index in [2.05, 4.69) is 5.32 Å². The number of hydrogen-bond acceptors (Lipinski definition) is 7. The van der Waals surface area contributed by atoms with Crippen molar-refractivity contribution >= 4 is 52.6 Å². The van der Waals surface area contributed by atoms with Crippen LogP contribution in [0.2, 0.25) is 5.02 Å². The van der Waals surface area contributed by atoms with Crippen LogP contribution in [-0.4, -0.2) is 10.8 Å². The zero-order valence-corrected chi connectivity index (χ0v) is 15.3. The van der Waals surface area contributed by atoms with Crippen LogP contribution in [0.1, 0.15) is 0 Å². The van der Waals surface area contributed by atoms with E-state index in [4.69, 9.17) is 22.5 Å². The number of amides is 1. The molecule has 1 amide bonds. The van der Waals surface area contributed by atoms with Gasteiger partial charge in [-0.1, -0.05) is 23.4 Å². The molecule has 2 rings (SSSR count). The van der Waals surface area contributed by atoms with Gasteiger partial charge < -0.3 is 11.1 Å². The minimum atomic E-state index is -0.951. The molecule has 26 heavy (non-hydrogen) atoms. The maximum Gasteiger partial charge on any atom is 0.273 e. The number of nitro benzene ring substituents is 1. The molecule has 2 aromatic carbocycles. The summed E-state index contributed by atoms with van der Waals surface area (Å²) in [6.45, 7) is 0. The molecule has 0 unspecified atom stereocenters. The number of nitro groups is 1. The molecule has 0 fully saturated rings. The smallest absolute Gasteiger partial charge is 0.273 e. The lowest BCUT2D eigenvalue weighted by atomic mass is 10.2. The molecule has 0 heterocycles. The van der Waals surface area contributed by atoms with Gasteiger partial charge in [0.15, 0.2) is 5.82 Å². The van der Waals surface area contributed by atoms with Gasteiger partial charge in [-0.3, -0.25) is 20.0 Å². The summed E-state index contributed by atoms with van der Waals surface area (Å²) in [6, 6.07) is 9.65.